The van der Waals surface area contributed by atoms with Crippen LogP contribution >= 0.6 is 0 Å². The van der Waals surface area contributed by atoms with Crippen LogP contribution in [-0.4, -0.2) is 12.5 Å². The third-order valence-corrected chi connectivity index (χ3v) is 1.88. The minimum absolute atomic E-state index is 0.118. The number of amides is 1. The predicted octanol–water partition coefficient (Wildman–Crippen LogP) is 1.23. The first kappa shape index (κ1) is 11.5. The van der Waals surface area contributed by atoms with Crippen LogP contribution in [0.4, 0.5) is 0 Å². The van der Waals surface area contributed by atoms with Crippen LogP contribution < -0.4 is 16.1 Å². The van der Waals surface area contributed by atoms with E-state index in [0.29, 0.717) is 18.7 Å². The molecular weight excluding hydrogens is 192 g/mol. The number of hydrogen-bond donors (Lipinski definition) is 2. The van der Waals surface area contributed by atoms with E-state index in [-0.39, 0.29) is 5.91 Å². The molecule has 3 N–H and O–H groups in total. The predicted molar refractivity (Wildman–Crippen MR) is 58.1 cm³/mol. The maximum atomic E-state index is 11.2. The van der Waals surface area contributed by atoms with Crippen LogP contribution in [0.15, 0.2) is 30.3 Å². The van der Waals surface area contributed by atoms with Crippen LogP contribution in [-0.2, 0) is 4.79 Å². The first-order valence-electron chi connectivity index (χ1n) is 5.03. The Morgan fingerprint density at radius 1 is 1.27 bits per heavy atom. The molecule has 0 aliphatic carbocycles. The number of carbonyl (C=O) groups is 1. The number of nitrogens with one attached hydrogen (secondary N) is 1. The molecule has 0 bridgehead atoms. The van der Waals surface area contributed by atoms with E-state index in [2.05, 4.69) is 5.48 Å². The van der Waals surface area contributed by atoms with Gasteiger partial charge >= 0.3 is 0 Å². The summed E-state index contributed by atoms with van der Waals surface area (Å²) in [5.74, 6) is 0.511. The molecule has 0 atom stereocenters. The zero-order valence-electron chi connectivity index (χ0n) is 8.61. The first-order valence-corrected chi connectivity index (χ1v) is 5.03. The number of benzene rings is 1. The molecule has 0 saturated carbocycles. The second kappa shape index (κ2) is 6.84. The van der Waals surface area contributed by atoms with E-state index in [1.807, 2.05) is 18.2 Å². The Hall–Kier alpha value is -1.55. The molecule has 1 aromatic carbocycles. The van der Waals surface area contributed by atoms with E-state index in [9.17, 15) is 4.79 Å². The molecule has 0 aliphatic rings. The van der Waals surface area contributed by atoms with Gasteiger partial charge < -0.3 is 10.6 Å². The van der Waals surface area contributed by atoms with Gasteiger partial charge in [0, 0.05) is 6.42 Å². The van der Waals surface area contributed by atoms with Crippen molar-refractivity contribution in [3.8, 4) is 5.75 Å². The number of hydrogen-bond acceptors (Lipinski definition) is 3. The van der Waals surface area contributed by atoms with Gasteiger partial charge in [-0.3, -0.25) is 4.79 Å². The molecule has 1 amide bonds. The van der Waals surface area contributed by atoms with Gasteiger partial charge in [-0.2, -0.15) is 5.48 Å². The van der Waals surface area contributed by atoms with Crippen LogP contribution in [0, 0.1) is 0 Å². The Kier molecular flexibility index (Phi) is 5.25. The van der Waals surface area contributed by atoms with Gasteiger partial charge in [-0.1, -0.05) is 18.2 Å². The Balaban J connectivity index is 2.17. The number of nitrogens with two attached hydrogens (primary N) is 1. The zero-order chi connectivity index (χ0) is 10.9. The molecule has 0 aromatic heterocycles. The summed E-state index contributed by atoms with van der Waals surface area (Å²) < 4.78 is 0. The van der Waals surface area contributed by atoms with Gasteiger partial charge in [-0.25, -0.2) is 0 Å². The lowest BCUT2D eigenvalue weighted by Gasteiger charge is -2.06. The summed E-state index contributed by atoms with van der Waals surface area (Å²) in [5.41, 5.74) is 7.69. The molecule has 0 spiro atoms. The number of carbonyl (C=O) groups excluding carboxylic acids is 1. The molecule has 4 nitrogen and oxygen atoms in total. The summed E-state index contributed by atoms with van der Waals surface area (Å²) in [5, 5.41) is 0. The fourth-order valence-corrected chi connectivity index (χ4v) is 1.09. The quantitative estimate of drug-likeness (QED) is 0.546. The molecule has 0 heterocycles. The molecular formula is C11H16N2O2. The van der Waals surface area contributed by atoms with Crippen LogP contribution in [0.3, 0.4) is 0 Å². The lowest BCUT2D eigenvalue weighted by Crippen LogP contribution is -2.26. The molecule has 1 rings (SSSR count). The van der Waals surface area contributed by atoms with Gasteiger partial charge in [0.25, 0.3) is 5.91 Å². The lowest BCUT2D eigenvalue weighted by atomic mass is 10.2. The van der Waals surface area contributed by atoms with Crippen molar-refractivity contribution in [2.45, 2.75) is 19.3 Å². The highest BCUT2D eigenvalue weighted by molar-refractivity contribution is 5.74. The highest BCUT2D eigenvalue weighted by Crippen LogP contribution is 2.06. The molecule has 0 saturated heterocycles. The number of unbranched alkanes of at least 4 members (excludes halogenated alkanes) is 1. The van der Waals surface area contributed by atoms with Crippen molar-refractivity contribution >= 4 is 5.91 Å². The number of hydroxylamine groups is 1. The average molecular weight is 208 g/mol. The van der Waals surface area contributed by atoms with Crippen molar-refractivity contribution in [2.75, 3.05) is 6.54 Å². The lowest BCUT2D eigenvalue weighted by molar-refractivity contribution is -0.127. The van der Waals surface area contributed by atoms with Crippen molar-refractivity contribution in [3.05, 3.63) is 30.3 Å². The van der Waals surface area contributed by atoms with E-state index in [1.165, 1.54) is 0 Å². The summed E-state index contributed by atoms with van der Waals surface area (Å²) in [6.45, 7) is 0.618. The summed E-state index contributed by atoms with van der Waals surface area (Å²) in [7, 11) is 0. The topological polar surface area (TPSA) is 64.4 Å². The minimum Gasteiger partial charge on any atom is -0.380 e. The Morgan fingerprint density at radius 3 is 2.67 bits per heavy atom. The Bertz CT molecular complexity index is 288. The van der Waals surface area contributed by atoms with E-state index in [1.54, 1.807) is 12.1 Å². The third-order valence-electron chi connectivity index (χ3n) is 1.88. The van der Waals surface area contributed by atoms with Crippen molar-refractivity contribution in [1.82, 2.24) is 5.48 Å². The number of para-hydroxylation sites is 1. The Labute approximate surface area is 89.4 Å². The molecule has 15 heavy (non-hydrogen) atoms. The highest BCUT2D eigenvalue weighted by Gasteiger charge is 2.00. The van der Waals surface area contributed by atoms with Crippen molar-refractivity contribution in [2.24, 2.45) is 5.73 Å². The van der Waals surface area contributed by atoms with Crippen molar-refractivity contribution in [3.63, 3.8) is 0 Å². The van der Waals surface area contributed by atoms with Crippen LogP contribution in [0.25, 0.3) is 0 Å². The molecule has 82 valence electrons. The molecule has 0 aliphatic heterocycles. The first-order chi connectivity index (χ1) is 7.33. The van der Waals surface area contributed by atoms with Gasteiger partial charge in [0.05, 0.1) is 0 Å². The maximum absolute atomic E-state index is 11.2. The molecule has 4 heteroatoms. The Morgan fingerprint density at radius 2 is 2.00 bits per heavy atom. The molecule has 0 radical (unpaired) electrons. The van der Waals surface area contributed by atoms with Gasteiger partial charge in [-0.15, -0.1) is 0 Å². The van der Waals surface area contributed by atoms with Gasteiger partial charge in [0.1, 0.15) is 0 Å². The highest BCUT2D eigenvalue weighted by atomic mass is 16.7. The summed E-state index contributed by atoms with van der Waals surface area (Å²) in [6, 6.07) is 9.13. The molecule has 0 unspecified atom stereocenters. The summed E-state index contributed by atoms with van der Waals surface area (Å²) >= 11 is 0. The van der Waals surface area contributed by atoms with Crippen LogP contribution in [0.2, 0.25) is 0 Å². The largest absolute Gasteiger partial charge is 0.380 e. The van der Waals surface area contributed by atoms with E-state index in [4.69, 9.17) is 10.6 Å². The maximum Gasteiger partial charge on any atom is 0.252 e. The molecule has 1 aromatic rings. The second-order valence-electron chi connectivity index (χ2n) is 3.19. The van der Waals surface area contributed by atoms with Gasteiger partial charge in [0.15, 0.2) is 5.75 Å². The third kappa shape index (κ3) is 5.02. The normalized spacial score (nSPS) is 9.67. The standard InChI is InChI=1S/C11H16N2O2/c12-9-5-4-8-11(14)13-15-10-6-2-1-3-7-10/h1-3,6-7H,4-5,8-9,12H2,(H,13,14). The van der Waals surface area contributed by atoms with E-state index < -0.39 is 0 Å². The van der Waals surface area contributed by atoms with Crippen LogP contribution in [0.5, 0.6) is 5.75 Å². The minimum atomic E-state index is -0.118. The van der Waals surface area contributed by atoms with Crippen molar-refractivity contribution in [1.29, 1.82) is 0 Å². The second-order valence-corrected chi connectivity index (χ2v) is 3.19. The average Bonchev–Trinajstić information content (AvgIpc) is 2.28. The van der Waals surface area contributed by atoms with Crippen LogP contribution in [0.1, 0.15) is 19.3 Å². The summed E-state index contributed by atoms with van der Waals surface area (Å²) in [6.07, 6.45) is 2.10. The van der Waals surface area contributed by atoms with Gasteiger partial charge in [0.2, 0.25) is 0 Å². The molecule has 0 fully saturated rings. The zero-order valence-corrected chi connectivity index (χ0v) is 8.61. The smallest absolute Gasteiger partial charge is 0.252 e. The fourth-order valence-electron chi connectivity index (χ4n) is 1.09. The fraction of sp³-hybridized carbons (Fsp3) is 0.364. The SMILES string of the molecule is NCCCCC(=O)NOc1ccccc1. The number of rotatable bonds is 6. The van der Waals surface area contributed by atoms with E-state index in [0.717, 1.165) is 12.8 Å². The van der Waals surface area contributed by atoms with Crippen molar-refractivity contribution < 1.29 is 9.63 Å². The monoisotopic (exact) mass is 208 g/mol. The van der Waals surface area contributed by atoms with E-state index >= 15 is 0 Å². The van der Waals surface area contributed by atoms with Gasteiger partial charge in [-0.05, 0) is 31.5 Å². The summed E-state index contributed by atoms with van der Waals surface area (Å²) in [4.78, 5) is 16.3.